The van der Waals surface area contributed by atoms with Crippen molar-refractivity contribution in [3.8, 4) is 5.75 Å². The van der Waals surface area contributed by atoms with Gasteiger partial charge in [-0.3, -0.25) is 0 Å². The van der Waals surface area contributed by atoms with Crippen LogP contribution in [0.4, 0.5) is 0 Å². The third kappa shape index (κ3) is 3.62. The van der Waals surface area contributed by atoms with Crippen molar-refractivity contribution in [1.29, 1.82) is 0 Å². The van der Waals surface area contributed by atoms with Crippen molar-refractivity contribution >= 4 is 6.08 Å². The third-order valence-electron chi connectivity index (χ3n) is 1.81. The molecule has 0 saturated heterocycles. The standard InChI is InChI=1S/C12H17NO/c1-2-14-12-8-5-7-11(10-12)6-3-4-9-13/h3,5-8,10H,2,4,9,13H2,1H3. The van der Waals surface area contributed by atoms with Crippen molar-refractivity contribution in [3.63, 3.8) is 0 Å². The van der Waals surface area contributed by atoms with Gasteiger partial charge in [0.15, 0.2) is 0 Å². The summed E-state index contributed by atoms with van der Waals surface area (Å²) >= 11 is 0. The molecular weight excluding hydrogens is 174 g/mol. The Morgan fingerprint density at radius 2 is 2.29 bits per heavy atom. The maximum absolute atomic E-state index is 5.39. The lowest BCUT2D eigenvalue weighted by molar-refractivity contribution is 0.340. The SMILES string of the molecule is CCOc1cccc(C=CCCN)c1. The van der Waals surface area contributed by atoms with Gasteiger partial charge in [-0.25, -0.2) is 0 Å². The molecule has 76 valence electrons. The minimum atomic E-state index is 0.696. The van der Waals surface area contributed by atoms with E-state index in [9.17, 15) is 0 Å². The average Bonchev–Trinajstić information content (AvgIpc) is 2.19. The van der Waals surface area contributed by atoms with Crippen molar-refractivity contribution in [2.24, 2.45) is 5.73 Å². The van der Waals surface area contributed by atoms with Crippen LogP contribution in [0.1, 0.15) is 18.9 Å². The second-order valence-electron chi connectivity index (χ2n) is 2.99. The molecule has 0 bridgehead atoms. The second-order valence-corrected chi connectivity index (χ2v) is 2.99. The lowest BCUT2D eigenvalue weighted by atomic mass is 10.2. The van der Waals surface area contributed by atoms with Crippen LogP contribution in [0.5, 0.6) is 5.75 Å². The van der Waals surface area contributed by atoms with Crippen LogP contribution in [0.25, 0.3) is 6.08 Å². The van der Waals surface area contributed by atoms with E-state index >= 15 is 0 Å². The summed E-state index contributed by atoms with van der Waals surface area (Å²) in [4.78, 5) is 0. The summed E-state index contributed by atoms with van der Waals surface area (Å²) in [5, 5.41) is 0. The first-order valence-corrected chi connectivity index (χ1v) is 4.96. The van der Waals surface area contributed by atoms with E-state index in [2.05, 4.69) is 18.2 Å². The summed E-state index contributed by atoms with van der Waals surface area (Å²) in [5.74, 6) is 0.919. The molecule has 0 aromatic heterocycles. The quantitative estimate of drug-likeness (QED) is 0.775. The van der Waals surface area contributed by atoms with Crippen LogP contribution in [-0.4, -0.2) is 13.2 Å². The van der Waals surface area contributed by atoms with E-state index in [4.69, 9.17) is 10.5 Å². The van der Waals surface area contributed by atoms with Gasteiger partial charge in [0.05, 0.1) is 6.61 Å². The average molecular weight is 191 g/mol. The number of ether oxygens (including phenoxy) is 1. The molecule has 1 rings (SSSR count). The molecule has 0 spiro atoms. The largest absolute Gasteiger partial charge is 0.494 e. The Morgan fingerprint density at radius 1 is 1.43 bits per heavy atom. The van der Waals surface area contributed by atoms with Crippen LogP contribution >= 0.6 is 0 Å². The number of hydrogen-bond donors (Lipinski definition) is 1. The Balaban J connectivity index is 2.63. The second kappa shape index (κ2) is 6.22. The number of rotatable bonds is 5. The molecule has 0 amide bonds. The Bertz CT molecular complexity index is 294. The third-order valence-corrected chi connectivity index (χ3v) is 1.81. The van der Waals surface area contributed by atoms with E-state index in [1.807, 2.05) is 25.1 Å². The Morgan fingerprint density at radius 3 is 3.00 bits per heavy atom. The molecule has 1 aromatic carbocycles. The van der Waals surface area contributed by atoms with Crippen LogP contribution in [-0.2, 0) is 0 Å². The first-order valence-electron chi connectivity index (χ1n) is 4.96. The zero-order chi connectivity index (χ0) is 10.2. The summed E-state index contributed by atoms with van der Waals surface area (Å²) in [7, 11) is 0. The fourth-order valence-electron chi connectivity index (χ4n) is 1.19. The Hall–Kier alpha value is -1.28. The lowest BCUT2D eigenvalue weighted by Gasteiger charge is -2.02. The summed E-state index contributed by atoms with van der Waals surface area (Å²) in [6, 6.07) is 8.03. The molecule has 0 saturated carbocycles. The van der Waals surface area contributed by atoms with Crippen LogP contribution < -0.4 is 10.5 Å². The molecule has 0 aliphatic rings. The predicted molar refractivity (Wildman–Crippen MR) is 60.3 cm³/mol. The van der Waals surface area contributed by atoms with Gasteiger partial charge in [0.25, 0.3) is 0 Å². The molecule has 14 heavy (non-hydrogen) atoms. The van der Waals surface area contributed by atoms with Gasteiger partial charge >= 0.3 is 0 Å². The zero-order valence-corrected chi connectivity index (χ0v) is 8.57. The van der Waals surface area contributed by atoms with Crippen molar-refractivity contribution in [1.82, 2.24) is 0 Å². The van der Waals surface area contributed by atoms with Gasteiger partial charge in [0.1, 0.15) is 5.75 Å². The monoisotopic (exact) mass is 191 g/mol. The van der Waals surface area contributed by atoms with Crippen molar-refractivity contribution in [3.05, 3.63) is 35.9 Å². The minimum absolute atomic E-state index is 0.696. The first kappa shape index (κ1) is 10.8. The highest BCUT2D eigenvalue weighted by molar-refractivity contribution is 5.51. The van der Waals surface area contributed by atoms with Crippen molar-refractivity contribution in [2.75, 3.05) is 13.2 Å². The summed E-state index contributed by atoms with van der Waals surface area (Å²) in [5.41, 5.74) is 6.55. The van der Waals surface area contributed by atoms with Gasteiger partial charge < -0.3 is 10.5 Å². The summed E-state index contributed by atoms with van der Waals surface area (Å²) in [6.07, 6.45) is 5.05. The Kier molecular flexibility index (Phi) is 4.79. The summed E-state index contributed by atoms with van der Waals surface area (Å²) < 4.78 is 5.39. The van der Waals surface area contributed by atoms with Crippen LogP contribution in [0.3, 0.4) is 0 Å². The molecule has 0 aliphatic heterocycles. The molecule has 1 aromatic rings. The van der Waals surface area contributed by atoms with Crippen LogP contribution in [0.15, 0.2) is 30.3 Å². The minimum Gasteiger partial charge on any atom is -0.494 e. The van der Waals surface area contributed by atoms with Gasteiger partial charge in [-0.05, 0) is 37.6 Å². The predicted octanol–water partition coefficient (Wildman–Crippen LogP) is 2.45. The smallest absolute Gasteiger partial charge is 0.119 e. The number of nitrogens with two attached hydrogens (primary N) is 1. The maximum atomic E-state index is 5.39. The van der Waals surface area contributed by atoms with E-state index in [0.29, 0.717) is 13.2 Å². The van der Waals surface area contributed by atoms with Crippen LogP contribution in [0.2, 0.25) is 0 Å². The highest BCUT2D eigenvalue weighted by Crippen LogP contribution is 2.14. The molecule has 0 atom stereocenters. The highest BCUT2D eigenvalue weighted by atomic mass is 16.5. The fraction of sp³-hybridized carbons (Fsp3) is 0.333. The molecule has 0 aliphatic carbocycles. The summed E-state index contributed by atoms with van der Waals surface area (Å²) in [6.45, 7) is 3.38. The van der Waals surface area contributed by atoms with Crippen molar-refractivity contribution in [2.45, 2.75) is 13.3 Å². The van der Waals surface area contributed by atoms with Crippen molar-refractivity contribution < 1.29 is 4.74 Å². The van der Waals surface area contributed by atoms with Crippen LogP contribution in [0, 0.1) is 0 Å². The topological polar surface area (TPSA) is 35.2 Å². The van der Waals surface area contributed by atoms with E-state index in [-0.39, 0.29) is 0 Å². The van der Waals surface area contributed by atoms with E-state index in [1.165, 1.54) is 0 Å². The molecule has 0 heterocycles. The van der Waals surface area contributed by atoms with Gasteiger partial charge in [-0.1, -0.05) is 24.3 Å². The van der Waals surface area contributed by atoms with Gasteiger partial charge in [-0.2, -0.15) is 0 Å². The van der Waals surface area contributed by atoms with E-state index in [1.54, 1.807) is 0 Å². The van der Waals surface area contributed by atoms with E-state index < -0.39 is 0 Å². The normalized spacial score (nSPS) is 10.7. The van der Waals surface area contributed by atoms with Gasteiger partial charge in [0.2, 0.25) is 0 Å². The van der Waals surface area contributed by atoms with Gasteiger partial charge in [0, 0.05) is 0 Å². The lowest BCUT2D eigenvalue weighted by Crippen LogP contribution is -1.95. The fourth-order valence-corrected chi connectivity index (χ4v) is 1.19. The highest BCUT2D eigenvalue weighted by Gasteiger charge is 1.91. The van der Waals surface area contributed by atoms with E-state index in [0.717, 1.165) is 17.7 Å². The molecule has 2 nitrogen and oxygen atoms in total. The zero-order valence-electron chi connectivity index (χ0n) is 8.57. The molecule has 2 N–H and O–H groups in total. The molecule has 0 fully saturated rings. The number of hydrogen-bond acceptors (Lipinski definition) is 2. The molecule has 2 heteroatoms. The van der Waals surface area contributed by atoms with Gasteiger partial charge in [-0.15, -0.1) is 0 Å². The maximum Gasteiger partial charge on any atom is 0.119 e. The molecule has 0 unspecified atom stereocenters. The molecule has 0 radical (unpaired) electrons. The number of benzene rings is 1. The Labute approximate surface area is 85.4 Å². The first-order chi connectivity index (χ1) is 6.86. The molecular formula is C12H17NO.